The number of nitrogens with zero attached hydrogens (tertiary/aromatic N) is 4. The summed E-state index contributed by atoms with van der Waals surface area (Å²) in [6.45, 7) is 3.24. The van der Waals surface area contributed by atoms with Crippen molar-refractivity contribution in [2.24, 2.45) is 0 Å². The average molecular weight is 438 g/mol. The van der Waals surface area contributed by atoms with Gasteiger partial charge in [0, 0.05) is 19.2 Å². The first-order valence-corrected chi connectivity index (χ1v) is 10.7. The highest BCUT2D eigenvalue weighted by Crippen LogP contribution is 2.25. The molecule has 1 fully saturated rings. The van der Waals surface area contributed by atoms with Crippen LogP contribution >= 0.6 is 11.6 Å². The van der Waals surface area contributed by atoms with Crippen LogP contribution in [0.15, 0.2) is 29.2 Å². The van der Waals surface area contributed by atoms with Crippen LogP contribution in [0, 0.1) is 18.3 Å². The van der Waals surface area contributed by atoms with Crippen LogP contribution in [0.3, 0.4) is 0 Å². The standard InChI is InChI=1S/C18H20ClN5O4S/c1-13-11-17(24(22-13)6-2-5-20)21-18(25)15-12-14(3-4-16(15)19)29(26,27)23-7-9-28-10-8-23/h3-4,11-12H,2,6-10H2,1H3,(H,21,25). The van der Waals surface area contributed by atoms with Crippen molar-refractivity contribution in [1.29, 1.82) is 5.26 Å². The molecule has 2 heterocycles. The van der Waals surface area contributed by atoms with E-state index in [2.05, 4.69) is 10.4 Å². The molecule has 1 aromatic carbocycles. The van der Waals surface area contributed by atoms with Crippen LogP contribution in [0.5, 0.6) is 0 Å². The van der Waals surface area contributed by atoms with Crippen molar-refractivity contribution in [3.8, 4) is 6.07 Å². The predicted molar refractivity (Wildman–Crippen MR) is 106 cm³/mol. The molecule has 1 aliphatic rings. The van der Waals surface area contributed by atoms with Gasteiger partial charge in [0.05, 0.1) is 53.4 Å². The van der Waals surface area contributed by atoms with Crippen LogP contribution in [0.25, 0.3) is 0 Å². The number of aromatic nitrogens is 2. The minimum absolute atomic E-state index is 0.0110. The lowest BCUT2D eigenvalue weighted by Gasteiger charge is -2.26. The van der Waals surface area contributed by atoms with Gasteiger partial charge in [0.25, 0.3) is 5.91 Å². The summed E-state index contributed by atoms with van der Waals surface area (Å²) in [5.74, 6) is -0.160. The number of carbonyl (C=O) groups excluding carboxylic acids is 1. The number of nitrogens with one attached hydrogen (secondary N) is 1. The Labute approximate surface area is 173 Å². The maximum atomic E-state index is 12.9. The van der Waals surface area contributed by atoms with E-state index < -0.39 is 15.9 Å². The zero-order chi connectivity index (χ0) is 21.0. The second-order valence-corrected chi connectivity index (χ2v) is 8.76. The Morgan fingerprint density at radius 2 is 2.07 bits per heavy atom. The number of aryl methyl sites for hydroxylation is 2. The highest BCUT2D eigenvalue weighted by molar-refractivity contribution is 7.89. The van der Waals surface area contributed by atoms with Crippen molar-refractivity contribution in [2.75, 3.05) is 31.6 Å². The SMILES string of the molecule is Cc1cc(NC(=O)c2cc(S(=O)(=O)N3CCOCC3)ccc2Cl)n(CCC#N)n1. The van der Waals surface area contributed by atoms with E-state index in [0.29, 0.717) is 31.3 Å². The molecular formula is C18H20ClN5O4S. The van der Waals surface area contributed by atoms with Gasteiger partial charge in [-0.3, -0.25) is 4.79 Å². The summed E-state index contributed by atoms with van der Waals surface area (Å²) in [6.07, 6.45) is 0.234. The van der Waals surface area contributed by atoms with Crippen molar-refractivity contribution >= 4 is 33.3 Å². The van der Waals surface area contributed by atoms with Crippen molar-refractivity contribution < 1.29 is 17.9 Å². The number of morpholine rings is 1. The second-order valence-electron chi connectivity index (χ2n) is 6.41. The minimum atomic E-state index is -3.76. The fourth-order valence-electron chi connectivity index (χ4n) is 2.93. The average Bonchev–Trinajstić information content (AvgIpc) is 3.06. The van der Waals surface area contributed by atoms with E-state index in [0.717, 1.165) is 0 Å². The molecular weight excluding hydrogens is 418 g/mol. The number of ether oxygens (including phenoxy) is 1. The van der Waals surface area contributed by atoms with Crippen LogP contribution in [0.4, 0.5) is 5.82 Å². The fourth-order valence-corrected chi connectivity index (χ4v) is 4.57. The molecule has 0 spiro atoms. The lowest BCUT2D eigenvalue weighted by Crippen LogP contribution is -2.40. The molecule has 0 bridgehead atoms. The molecule has 0 radical (unpaired) electrons. The second kappa shape index (κ2) is 8.92. The lowest BCUT2D eigenvalue weighted by atomic mass is 10.2. The Balaban J connectivity index is 1.87. The summed E-state index contributed by atoms with van der Waals surface area (Å²) in [7, 11) is -3.76. The molecule has 2 aromatic rings. The molecule has 0 aliphatic carbocycles. The van der Waals surface area contributed by atoms with Crippen LogP contribution in [0.1, 0.15) is 22.5 Å². The Bertz CT molecular complexity index is 1050. The Morgan fingerprint density at radius 3 is 2.76 bits per heavy atom. The maximum absolute atomic E-state index is 12.9. The zero-order valence-electron chi connectivity index (χ0n) is 15.8. The van der Waals surface area contributed by atoms with Gasteiger partial charge >= 0.3 is 0 Å². The van der Waals surface area contributed by atoms with Crippen LogP contribution in [-0.4, -0.2) is 54.7 Å². The van der Waals surface area contributed by atoms with E-state index in [1.54, 1.807) is 13.0 Å². The van der Waals surface area contributed by atoms with Gasteiger partial charge in [-0.25, -0.2) is 13.1 Å². The third-order valence-corrected chi connectivity index (χ3v) is 6.59. The third-order valence-electron chi connectivity index (χ3n) is 4.37. The van der Waals surface area contributed by atoms with E-state index >= 15 is 0 Å². The number of anilines is 1. The van der Waals surface area contributed by atoms with Gasteiger partial charge in [-0.15, -0.1) is 0 Å². The Hall–Kier alpha value is -2.45. The van der Waals surface area contributed by atoms with Gasteiger partial charge in [-0.1, -0.05) is 11.6 Å². The van der Waals surface area contributed by atoms with E-state index in [4.69, 9.17) is 21.6 Å². The van der Waals surface area contributed by atoms with Crippen LogP contribution in [0.2, 0.25) is 5.02 Å². The van der Waals surface area contributed by atoms with Crippen LogP contribution in [-0.2, 0) is 21.3 Å². The van der Waals surface area contributed by atoms with E-state index in [-0.39, 0.29) is 35.0 Å². The number of benzene rings is 1. The Kier molecular flexibility index (Phi) is 6.54. The van der Waals surface area contributed by atoms with Gasteiger partial charge in [-0.05, 0) is 25.1 Å². The summed E-state index contributed by atoms with van der Waals surface area (Å²) >= 11 is 6.17. The van der Waals surface area contributed by atoms with Crippen molar-refractivity contribution in [3.63, 3.8) is 0 Å². The number of rotatable bonds is 6. The first-order chi connectivity index (χ1) is 13.8. The van der Waals surface area contributed by atoms with E-state index in [9.17, 15) is 13.2 Å². The van der Waals surface area contributed by atoms with Gasteiger partial charge in [0.1, 0.15) is 5.82 Å². The topological polar surface area (TPSA) is 117 Å². The molecule has 11 heteroatoms. The molecule has 0 unspecified atom stereocenters. The molecule has 9 nitrogen and oxygen atoms in total. The largest absolute Gasteiger partial charge is 0.379 e. The first kappa shape index (κ1) is 21.3. The maximum Gasteiger partial charge on any atom is 0.258 e. The van der Waals surface area contributed by atoms with Gasteiger partial charge in [0.15, 0.2) is 0 Å². The van der Waals surface area contributed by atoms with Crippen molar-refractivity contribution in [1.82, 2.24) is 14.1 Å². The van der Waals surface area contributed by atoms with E-state index in [1.807, 2.05) is 6.07 Å². The molecule has 154 valence electrons. The van der Waals surface area contributed by atoms with Crippen LogP contribution < -0.4 is 5.32 Å². The highest BCUT2D eigenvalue weighted by Gasteiger charge is 2.27. The molecule has 3 rings (SSSR count). The Morgan fingerprint density at radius 1 is 1.34 bits per heavy atom. The zero-order valence-corrected chi connectivity index (χ0v) is 17.3. The summed E-state index contributed by atoms with van der Waals surface area (Å²) in [6, 6.07) is 7.73. The monoisotopic (exact) mass is 437 g/mol. The smallest absolute Gasteiger partial charge is 0.258 e. The van der Waals surface area contributed by atoms with E-state index in [1.165, 1.54) is 27.2 Å². The number of amides is 1. The summed E-state index contributed by atoms with van der Waals surface area (Å²) in [5.41, 5.74) is 0.708. The van der Waals surface area contributed by atoms with Crippen molar-refractivity contribution in [2.45, 2.75) is 24.8 Å². The predicted octanol–water partition coefficient (Wildman–Crippen LogP) is 2.03. The van der Waals surface area contributed by atoms with Crippen molar-refractivity contribution in [3.05, 3.63) is 40.5 Å². The minimum Gasteiger partial charge on any atom is -0.379 e. The number of hydrogen-bond donors (Lipinski definition) is 1. The molecule has 1 N–H and O–H groups in total. The number of nitriles is 1. The van der Waals surface area contributed by atoms with Gasteiger partial charge in [-0.2, -0.15) is 14.7 Å². The quantitative estimate of drug-likeness (QED) is 0.738. The fraction of sp³-hybridized carbons (Fsp3) is 0.389. The number of carbonyl (C=O) groups is 1. The summed E-state index contributed by atoms with van der Waals surface area (Å²) < 4.78 is 33.7. The van der Waals surface area contributed by atoms with Gasteiger partial charge < -0.3 is 10.1 Å². The third kappa shape index (κ3) is 4.76. The summed E-state index contributed by atoms with van der Waals surface area (Å²) in [4.78, 5) is 12.8. The molecule has 1 aromatic heterocycles. The molecule has 1 saturated heterocycles. The lowest BCUT2D eigenvalue weighted by molar-refractivity contribution is 0.0730. The summed E-state index contributed by atoms with van der Waals surface area (Å²) in [5, 5.41) is 15.8. The normalized spacial score (nSPS) is 15.1. The molecule has 1 amide bonds. The number of halogens is 1. The molecule has 0 atom stereocenters. The molecule has 29 heavy (non-hydrogen) atoms. The highest BCUT2D eigenvalue weighted by atomic mass is 35.5. The molecule has 1 aliphatic heterocycles. The number of hydrogen-bond acceptors (Lipinski definition) is 6. The molecule has 0 saturated carbocycles. The number of sulfonamides is 1. The van der Waals surface area contributed by atoms with Gasteiger partial charge in [0.2, 0.25) is 10.0 Å². The first-order valence-electron chi connectivity index (χ1n) is 8.93.